The molecule has 2 aromatic rings. The molecule has 1 N–H and O–H groups in total. The lowest BCUT2D eigenvalue weighted by molar-refractivity contribution is -0.152. The summed E-state index contributed by atoms with van der Waals surface area (Å²) in [7, 11) is 0. The molecule has 0 aliphatic heterocycles. The summed E-state index contributed by atoms with van der Waals surface area (Å²) < 4.78 is 6.09. The number of anilines is 1. The first-order valence-electron chi connectivity index (χ1n) is 6.94. The van der Waals surface area contributed by atoms with Gasteiger partial charge in [0.1, 0.15) is 0 Å². The highest BCUT2D eigenvalue weighted by Gasteiger charge is 2.18. The van der Waals surface area contributed by atoms with Crippen LogP contribution in [0.15, 0.2) is 53.0 Å². The van der Waals surface area contributed by atoms with Gasteiger partial charge in [-0.25, -0.2) is 0 Å². The molecule has 0 aliphatic rings. The van der Waals surface area contributed by atoms with E-state index in [-0.39, 0.29) is 6.42 Å². The zero-order valence-electron chi connectivity index (χ0n) is 12.4. The first-order chi connectivity index (χ1) is 10.9. The van der Waals surface area contributed by atoms with Crippen molar-refractivity contribution < 1.29 is 14.3 Å². The van der Waals surface area contributed by atoms with Gasteiger partial charge in [-0.05, 0) is 42.8 Å². The summed E-state index contributed by atoms with van der Waals surface area (Å²) >= 11 is 9.18. The predicted octanol–water partition coefficient (Wildman–Crippen LogP) is 4.22. The van der Waals surface area contributed by atoms with E-state index in [2.05, 4.69) is 21.2 Å². The average Bonchev–Trinajstić information content (AvgIpc) is 2.49. The van der Waals surface area contributed by atoms with Gasteiger partial charge in [-0.2, -0.15) is 0 Å². The Kier molecular flexibility index (Phi) is 6.19. The summed E-state index contributed by atoms with van der Waals surface area (Å²) in [5.74, 6) is -0.863. The number of esters is 1. The topological polar surface area (TPSA) is 55.4 Å². The molecule has 0 saturated carbocycles. The van der Waals surface area contributed by atoms with Crippen LogP contribution >= 0.6 is 27.5 Å². The van der Waals surface area contributed by atoms with Gasteiger partial charge in [0.25, 0.3) is 5.91 Å². The summed E-state index contributed by atoms with van der Waals surface area (Å²) in [6.45, 7) is 1.53. The van der Waals surface area contributed by atoms with Crippen LogP contribution in [-0.2, 0) is 20.7 Å². The van der Waals surface area contributed by atoms with E-state index in [1.165, 1.54) is 6.92 Å². The fourth-order valence-corrected chi connectivity index (χ4v) is 2.33. The van der Waals surface area contributed by atoms with Crippen molar-refractivity contribution in [2.75, 3.05) is 5.32 Å². The number of halogens is 2. The van der Waals surface area contributed by atoms with E-state index in [9.17, 15) is 9.59 Å². The monoisotopic (exact) mass is 395 g/mol. The van der Waals surface area contributed by atoms with Gasteiger partial charge in [0.15, 0.2) is 6.10 Å². The van der Waals surface area contributed by atoms with E-state index in [0.29, 0.717) is 10.7 Å². The standard InChI is InChI=1S/C17H15BrClNO3/c1-11(17(22)20-15-4-2-3-14(19)10-15)23-16(21)9-12-5-7-13(18)8-6-12/h2-8,10-11H,9H2,1H3,(H,20,22)/t11-/m0/s1. The Morgan fingerprint density at radius 3 is 2.57 bits per heavy atom. The first-order valence-corrected chi connectivity index (χ1v) is 8.11. The van der Waals surface area contributed by atoms with Crippen molar-refractivity contribution in [1.82, 2.24) is 0 Å². The maximum atomic E-state index is 12.0. The maximum absolute atomic E-state index is 12.0. The van der Waals surface area contributed by atoms with Crippen molar-refractivity contribution in [3.05, 3.63) is 63.6 Å². The zero-order valence-corrected chi connectivity index (χ0v) is 14.7. The molecular formula is C17H15BrClNO3. The zero-order chi connectivity index (χ0) is 16.8. The first kappa shape index (κ1) is 17.5. The van der Waals surface area contributed by atoms with Gasteiger partial charge >= 0.3 is 5.97 Å². The smallest absolute Gasteiger partial charge is 0.311 e. The highest BCUT2D eigenvalue weighted by Crippen LogP contribution is 2.15. The van der Waals surface area contributed by atoms with Crippen molar-refractivity contribution in [3.8, 4) is 0 Å². The summed E-state index contributed by atoms with van der Waals surface area (Å²) in [6.07, 6.45) is -0.779. The van der Waals surface area contributed by atoms with Crippen LogP contribution in [0.5, 0.6) is 0 Å². The molecule has 2 aromatic carbocycles. The number of ether oxygens (including phenoxy) is 1. The molecule has 0 spiro atoms. The van der Waals surface area contributed by atoms with Crippen LogP contribution < -0.4 is 5.32 Å². The quantitative estimate of drug-likeness (QED) is 0.770. The molecule has 0 heterocycles. The Morgan fingerprint density at radius 1 is 1.22 bits per heavy atom. The maximum Gasteiger partial charge on any atom is 0.311 e. The van der Waals surface area contributed by atoms with Crippen LogP contribution in [0.3, 0.4) is 0 Å². The Balaban J connectivity index is 1.87. The highest BCUT2D eigenvalue weighted by molar-refractivity contribution is 9.10. The van der Waals surface area contributed by atoms with Crippen LogP contribution in [0.25, 0.3) is 0 Å². The summed E-state index contributed by atoms with van der Waals surface area (Å²) in [5, 5.41) is 3.17. The van der Waals surface area contributed by atoms with Crippen LogP contribution in [0.4, 0.5) is 5.69 Å². The number of carbonyl (C=O) groups excluding carboxylic acids is 2. The molecule has 1 amide bonds. The van der Waals surface area contributed by atoms with Crippen molar-refractivity contribution in [3.63, 3.8) is 0 Å². The summed E-state index contributed by atoms with van der Waals surface area (Å²) in [6, 6.07) is 14.1. The second kappa shape index (κ2) is 8.13. The predicted molar refractivity (Wildman–Crippen MR) is 93.5 cm³/mol. The number of hydrogen-bond acceptors (Lipinski definition) is 3. The minimum atomic E-state index is -0.892. The van der Waals surface area contributed by atoms with Gasteiger partial charge in [0.05, 0.1) is 6.42 Å². The second-order valence-corrected chi connectivity index (χ2v) is 6.29. The molecule has 0 aromatic heterocycles. The van der Waals surface area contributed by atoms with Gasteiger partial charge in [0.2, 0.25) is 0 Å². The second-order valence-electron chi connectivity index (χ2n) is 4.93. The van der Waals surface area contributed by atoms with Gasteiger partial charge in [-0.3, -0.25) is 9.59 Å². The molecular weight excluding hydrogens is 382 g/mol. The third-order valence-corrected chi connectivity index (χ3v) is 3.80. The van der Waals surface area contributed by atoms with E-state index >= 15 is 0 Å². The molecule has 0 radical (unpaired) electrons. The lowest BCUT2D eigenvalue weighted by Crippen LogP contribution is -2.30. The van der Waals surface area contributed by atoms with E-state index in [1.54, 1.807) is 24.3 Å². The van der Waals surface area contributed by atoms with Crippen molar-refractivity contribution >= 4 is 45.1 Å². The SMILES string of the molecule is C[C@H](OC(=O)Cc1ccc(Br)cc1)C(=O)Nc1cccc(Cl)c1. The number of rotatable bonds is 5. The van der Waals surface area contributed by atoms with Crippen molar-refractivity contribution in [1.29, 1.82) is 0 Å². The lowest BCUT2D eigenvalue weighted by atomic mass is 10.1. The van der Waals surface area contributed by atoms with Crippen LogP contribution in [0.1, 0.15) is 12.5 Å². The van der Waals surface area contributed by atoms with Crippen LogP contribution in [0, 0.1) is 0 Å². The minimum Gasteiger partial charge on any atom is -0.452 e. The van der Waals surface area contributed by atoms with E-state index in [4.69, 9.17) is 16.3 Å². The molecule has 0 saturated heterocycles. The number of hydrogen-bond donors (Lipinski definition) is 1. The van der Waals surface area contributed by atoms with Gasteiger partial charge in [-0.15, -0.1) is 0 Å². The van der Waals surface area contributed by atoms with Crippen LogP contribution in [-0.4, -0.2) is 18.0 Å². The average molecular weight is 397 g/mol. The highest BCUT2D eigenvalue weighted by atomic mass is 79.9. The molecule has 0 aliphatic carbocycles. The largest absolute Gasteiger partial charge is 0.452 e. The Morgan fingerprint density at radius 2 is 1.91 bits per heavy atom. The van der Waals surface area contributed by atoms with E-state index in [0.717, 1.165) is 10.0 Å². The fourth-order valence-electron chi connectivity index (χ4n) is 1.87. The molecule has 120 valence electrons. The third-order valence-electron chi connectivity index (χ3n) is 3.03. The summed E-state index contributed by atoms with van der Waals surface area (Å²) in [4.78, 5) is 23.9. The molecule has 0 bridgehead atoms. The molecule has 6 heteroatoms. The minimum absolute atomic E-state index is 0.113. The third kappa shape index (κ3) is 5.69. The Hall–Kier alpha value is -1.85. The van der Waals surface area contributed by atoms with E-state index in [1.807, 2.05) is 24.3 Å². The molecule has 2 rings (SSSR count). The Bertz CT molecular complexity index is 703. The normalized spacial score (nSPS) is 11.6. The lowest BCUT2D eigenvalue weighted by Gasteiger charge is -2.13. The number of amides is 1. The molecule has 1 atom stereocenters. The van der Waals surface area contributed by atoms with E-state index < -0.39 is 18.0 Å². The van der Waals surface area contributed by atoms with Crippen molar-refractivity contribution in [2.24, 2.45) is 0 Å². The fraction of sp³-hybridized carbons (Fsp3) is 0.176. The van der Waals surface area contributed by atoms with Crippen molar-refractivity contribution in [2.45, 2.75) is 19.4 Å². The summed E-state index contributed by atoms with van der Waals surface area (Å²) in [5.41, 5.74) is 1.37. The molecule has 23 heavy (non-hydrogen) atoms. The van der Waals surface area contributed by atoms with Gasteiger partial charge in [-0.1, -0.05) is 45.7 Å². The number of carbonyl (C=O) groups is 2. The molecule has 0 fully saturated rings. The number of benzene rings is 2. The van der Waals surface area contributed by atoms with Gasteiger partial charge in [0, 0.05) is 15.2 Å². The Labute approximate surface area is 147 Å². The molecule has 0 unspecified atom stereocenters. The van der Waals surface area contributed by atoms with Crippen LogP contribution in [0.2, 0.25) is 5.02 Å². The van der Waals surface area contributed by atoms with Gasteiger partial charge < -0.3 is 10.1 Å². The molecule has 4 nitrogen and oxygen atoms in total. The number of nitrogens with one attached hydrogen (secondary N) is 1.